The van der Waals surface area contributed by atoms with Gasteiger partial charge in [-0.25, -0.2) is 0 Å². The van der Waals surface area contributed by atoms with Gasteiger partial charge in [-0.3, -0.25) is 0 Å². The summed E-state index contributed by atoms with van der Waals surface area (Å²) in [4.78, 5) is 6.10. The molecule has 174 valence electrons. The van der Waals surface area contributed by atoms with E-state index < -0.39 is 0 Å². The second-order valence-corrected chi connectivity index (χ2v) is 10.5. The standard InChI is InChI=1S/C34H22N2S/c1-3-11-22(12-4-1)36(23-13-5-2-6-14-23)24-19-20-30-28(21-24)32-26-16-8-7-15-25(26)31-27-17-9-10-18-29(27)35-33(31)34(32)37-30/h1-21,35H. The second-order valence-electron chi connectivity index (χ2n) is 9.46. The van der Waals surface area contributed by atoms with Crippen LogP contribution in [0.3, 0.4) is 0 Å². The number of rotatable bonds is 3. The molecule has 3 heteroatoms. The van der Waals surface area contributed by atoms with Gasteiger partial charge < -0.3 is 9.88 Å². The lowest BCUT2D eigenvalue weighted by molar-refractivity contribution is 1.29. The first-order chi connectivity index (χ1) is 18.4. The smallest absolute Gasteiger partial charge is 0.0653 e. The SMILES string of the molecule is c1ccc(N(c2ccccc2)c2ccc3sc4c5[nH]c6ccccc6c5c5ccccc5c4c3c2)cc1. The molecule has 2 aromatic heterocycles. The lowest BCUT2D eigenvalue weighted by atomic mass is 9.98. The molecule has 37 heavy (non-hydrogen) atoms. The van der Waals surface area contributed by atoms with Crippen LogP contribution in [0, 0.1) is 0 Å². The van der Waals surface area contributed by atoms with Crippen LogP contribution in [-0.4, -0.2) is 4.98 Å². The molecular formula is C34H22N2S. The van der Waals surface area contributed by atoms with Crippen molar-refractivity contribution in [3.63, 3.8) is 0 Å². The number of nitrogens with zero attached hydrogens (tertiary/aromatic N) is 1. The van der Waals surface area contributed by atoms with E-state index in [-0.39, 0.29) is 0 Å². The maximum absolute atomic E-state index is 3.76. The van der Waals surface area contributed by atoms with Crippen molar-refractivity contribution >= 4 is 81.1 Å². The summed E-state index contributed by atoms with van der Waals surface area (Å²) in [5.74, 6) is 0. The van der Waals surface area contributed by atoms with Crippen LogP contribution >= 0.6 is 11.3 Å². The van der Waals surface area contributed by atoms with Gasteiger partial charge in [0.05, 0.1) is 10.2 Å². The Bertz CT molecular complexity index is 2050. The average Bonchev–Trinajstić information content (AvgIpc) is 3.54. The highest BCUT2D eigenvalue weighted by Crippen LogP contribution is 2.47. The van der Waals surface area contributed by atoms with Gasteiger partial charge in [0.2, 0.25) is 0 Å². The molecule has 8 rings (SSSR count). The Morgan fingerprint density at radius 2 is 1.08 bits per heavy atom. The molecule has 0 unspecified atom stereocenters. The van der Waals surface area contributed by atoms with Crippen molar-refractivity contribution < 1.29 is 0 Å². The number of benzene rings is 6. The number of aromatic nitrogens is 1. The van der Waals surface area contributed by atoms with Crippen LogP contribution in [-0.2, 0) is 0 Å². The quantitative estimate of drug-likeness (QED) is 0.261. The molecule has 0 atom stereocenters. The van der Waals surface area contributed by atoms with Gasteiger partial charge in [0.15, 0.2) is 0 Å². The molecular weight excluding hydrogens is 468 g/mol. The Morgan fingerprint density at radius 3 is 1.78 bits per heavy atom. The summed E-state index contributed by atoms with van der Waals surface area (Å²) >= 11 is 1.88. The minimum atomic E-state index is 1.15. The van der Waals surface area contributed by atoms with Gasteiger partial charge in [-0.2, -0.15) is 0 Å². The molecule has 0 spiro atoms. The molecule has 2 heterocycles. The largest absolute Gasteiger partial charge is 0.353 e. The molecule has 2 nitrogen and oxygen atoms in total. The van der Waals surface area contributed by atoms with E-state index in [0.29, 0.717) is 0 Å². The zero-order chi connectivity index (χ0) is 24.3. The molecule has 0 aliphatic rings. The van der Waals surface area contributed by atoms with Crippen molar-refractivity contribution in [1.82, 2.24) is 4.98 Å². The van der Waals surface area contributed by atoms with E-state index in [1.807, 2.05) is 11.3 Å². The van der Waals surface area contributed by atoms with E-state index in [0.717, 1.165) is 17.1 Å². The fourth-order valence-electron chi connectivity index (χ4n) is 5.78. The van der Waals surface area contributed by atoms with Gasteiger partial charge in [0.25, 0.3) is 0 Å². The zero-order valence-electron chi connectivity index (χ0n) is 20.0. The topological polar surface area (TPSA) is 19.0 Å². The third kappa shape index (κ3) is 3.05. The second kappa shape index (κ2) is 7.95. The summed E-state index contributed by atoms with van der Waals surface area (Å²) in [6.07, 6.45) is 0. The summed E-state index contributed by atoms with van der Waals surface area (Å²) < 4.78 is 2.62. The molecule has 0 aliphatic heterocycles. The Labute approximate surface area is 218 Å². The minimum Gasteiger partial charge on any atom is -0.353 e. The van der Waals surface area contributed by atoms with Crippen LogP contribution < -0.4 is 4.90 Å². The molecule has 0 aliphatic carbocycles. The van der Waals surface area contributed by atoms with Gasteiger partial charge in [0.1, 0.15) is 0 Å². The lowest BCUT2D eigenvalue weighted by Crippen LogP contribution is -2.09. The number of hydrogen-bond donors (Lipinski definition) is 1. The number of aromatic amines is 1. The van der Waals surface area contributed by atoms with Crippen molar-refractivity contribution in [2.45, 2.75) is 0 Å². The molecule has 1 N–H and O–H groups in total. The summed E-state index contributed by atoms with van der Waals surface area (Å²) in [5.41, 5.74) is 5.88. The molecule has 0 radical (unpaired) electrons. The highest BCUT2D eigenvalue weighted by molar-refractivity contribution is 7.27. The van der Waals surface area contributed by atoms with Crippen LogP contribution in [0.5, 0.6) is 0 Å². The summed E-state index contributed by atoms with van der Waals surface area (Å²) in [7, 11) is 0. The number of para-hydroxylation sites is 3. The Morgan fingerprint density at radius 1 is 0.486 bits per heavy atom. The fraction of sp³-hybridized carbons (Fsp3) is 0. The maximum atomic E-state index is 3.76. The van der Waals surface area contributed by atoms with E-state index in [1.165, 1.54) is 52.8 Å². The monoisotopic (exact) mass is 490 g/mol. The van der Waals surface area contributed by atoms with Gasteiger partial charge in [0, 0.05) is 48.8 Å². The Hall–Kier alpha value is -4.60. The number of fused-ring (bicyclic) bond motifs is 10. The van der Waals surface area contributed by atoms with Crippen LogP contribution in [0.1, 0.15) is 0 Å². The van der Waals surface area contributed by atoms with Crippen molar-refractivity contribution in [2.75, 3.05) is 4.90 Å². The van der Waals surface area contributed by atoms with Crippen molar-refractivity contribution in [3.05, 3.63) is 127 Å². The zero-order valence-corrected chi connectivity index (χ0v) is 20.8. The fourth-order valence-corrected chi connectivity index (χ4v) is 6.98. The van der Waals surface area contributed by atoms with Crippen molar-refractivity contribution in [1.29, 1.82) is 0 Å². The Balaban J connectivity index is 1.48. The normalized spacial score (nSPS) is 11.8. The predicted octanol–water partition coefficient (Wildman–Crippen LogP) is 10.3. The molecule has 0 amide bonds. The van der Waals surface area contributed by atoms with E-state index in [2.05, 4.69) is 137 Å². The minimum absolute atomic E-state index is 1.15. The molecule has 0 saturated heterocycles. The average molecular weight is 491 g/mol. The lowest BCUT2D eigenvalue weighted by Gasteiger charge is -2.25. The summed E-state index contributed by atoms with van der Waals surface area (Å²) in [5, 5.41) is 7.84. The Kier molecular flexibility index (Phi) is 4.42. The number of hydrogen-bond acceptors (Lipinski definition) is 2. The van der Waals surface area contributed by atoms with Gasteiger partial charge >= 0.3 is 0 Å². The third-order valence-corrected chi connectivity index (χ3v) is 8.55. The van der Waals surface area contributed by atoms with Gasteiger partial charge in [-0.15, -0.1) is 11.3 Å². The van der Waals surface area contributed by atoms with Crippen molar-refractivity contribution in [3.8, 4) is 0 Å². The van der Waals surface area contributed by atoms with E-state index >= 15 is 0 Å². The molecule has 6 aromatic carbocycles. The van der Waals surface area contributed by atoms with Crippen LogP contribution in [0.25, 0.3) is 52.8 Å². The maximum Gasteiger partial charge on any atom is 0.0653 e. The highest BCUT2D eigenvalue weighted by atomic mass is 32.1. The summed E-state index contributed by atoms with van der Waals surface area (Å²) in [6.45, 7) is 0. The first kappa shape index (κ1) is 20.6. The molecule has 0 bridgehead atoms. The predicted molar refractivity (Wildman–Crippen MR) is 161 cm³/mol. The number of anilines is 3. The van der Waals surface area contributed by atoms with E-state index in [4.69, 9.17) is 0 Å². The molecule has 0 fully saturated rings. The van der Waals surface area contributed by atoms with Crippen LogP contribution in [0.2, 0.25) is 0 Å². The van der Waals surface area contributed by atoms with Crippen LogP contribution in [0.4, 0.5) is 17.1 Å². The van der Waals surface area contributed by atoms with Gasteiger partial charge in [-0.05, 0) is 59.3 Å². The number of H-pyrrole nitrogens is 1. The van der Waals surface area contributed by atoms with Crippen LogP contribution in [0.15, 0.2) is 127 Å². The van der Waals surface area contributed by atoms with E-state index in [9.17, 15) is 0 Å². The number of nitrogens with one attached hydrogen (secondary N) is 1. The van der Waals surface area contributed by atoms with E-state index in [1.54, 1.807) is 0 Å². The first-order valence-corrected chi connectivity index (χ1v) is 13.4. The molecule has 8 aromatic rings. The van der Waals surface area contributed by atoms with Crippen molar-refractivity contribution in [2.24, 2.45) is 0 Å². The first-order valence-electron chi connectivity index (χ1n) is 12.5. The molecule has 0 saturated carbocycles. The third-order valence-electron chi connectivity index (χ3n) is 7.36. The number of thiophene rings is 1. The van der Waals surface area contributed by atoms with Gasteiger partial charge in [-0.1, -0.05) is 78.9 Å². The summed E-state index contributed by atoms with van der Waals surface area (Å²) in [6, 6.07) is 45.7. The highest BCUT2D eigenvalue weighted by Gasteiger charge is 2.19.